The molecule has 0 spiro atoms. The third kappa shape index (κ3) is 3.51. The van der Waals surface area contributed by atoms with Crippen molar-refractivity contribution < 1.29 is 9.53 Å². The van der Waals surface area contributed by atoms with Crippen LogP contribution in [-0.4, -0.2) is 23.0 Å². The number of aryl methyl sites for hydroxylation is 1. The maximum Gasteiger partial charge on any atom is 0.316 e. The van der Waals surface area contributed by atoms with Crippen molar-refractivity contribution in [1.29, 1.82) is 0 Å². The Morgan fingerprint density at radius 3 is 2.42 bits per heavy atom. The van der Waals surface area contributed by atoms with Crippen molar-refractivity contribution in [2.45, 2.75) is 13.5 Å². The van der Waals surface area contributed by atoms with E-state index in [0.717, 1.165) is 5.56 Å². The maximum atomic E-state index is 11.9. The van der Waals surface area contributed by atoms with Crippen LogP contribution in [0.4, 0.5) is 0 Å². The van der Waals surface area contributed by atoms with E-state index < -0.39 is 0 Å². The van der Waals surface area contributed by atoms with E-state index in [4.69, 9.17) is 4.74 Å². The summed E-state index contributed by atoms with van der Waals surface area (Å²) < 4.78 is 4.84. The molecule has 1 N–H and O–H groups in total. The molecular weight excluding hydrogens is 242 g/mol. The van der Waals surface area contributed by atoms with Crippen LogP contribution in [0.25, 0.3) is 0 Å². The van der Waals surface area contributed by atoms with E-state index in [1.165, 1.54) is 25.1 Å². The molecule has 0 saturated heterocycles. The van der Waals surface area contributed by atoms with Gasteiger partial charge in [-0.15, -0.1) is 0 Å². The largest absolute Gasteiger partial charge is 0.467 e. The second kappa shape index (κ2) is 5.95. The summed E-state index contributed by atoms with van der Waals surface area (Å²) in [6.07, 6.45) is 2.88. The highest BCUT2D eigenvalue weighted by molar-refractivity contribution is 5.93. The fourth-order valence-electron chi connectivity index (χ4n) is 1.53. The lowest BCUT2D eigenvalue weighted by molar-refractivity contribution is 0.0950. The number of hydrogen-bond acceptors (Lipinski definition) is 4. The Morgan fingerprint density at radius 2 is 1.84 bits per heavy atom. The predicted molar refractivity (Wildman–Crippen MR) is 70.9 cm³/mol. The summed E-state index contributed by atoms with van der Waals surface area (Å²) in [5.74, 6) is -0.205. The zero-order valence-corrected chi connectivity index (χ0v) is 10.9. The minimum absolute atomic E-state index is 0.205. The Kier molecular flexibility index (Phi) is 4.07. The van der Waals surface area contributed by atoms with Crippen molar-refractivity contribution >= 4 is 5.91 Å². The van der Waals surface area contributed by atoms with E-state index in [1.54, 1.807) is 0 Å². The molecular formula is C14H15N3O2. The highest BCUT2D eigenvalue weighted by Crippen LogP contribution is 2.04. The number of benzene rings is 1. The molecule has 5 heteroatoms. The second-order valence-electron chi connectivity index (χ2n) is 4.13. The maximum absolute atomic E-state index is 11.9. The molecule has 0 radical (unpaired) electrons. The van der Waals surface area contributed by atoms with Crippen LogP contribution in [0.1, 0.15) is 21.5 Å². The number of carbonyl (C=O) groups is 1. The minimum atomic E-state index is -0.205. The Bertz CT molecular complexity index is 550. The van der Waals surface area contributed by atoms with E-state index in [0.29, 0.717) is 12.1 Å². The predicted octanol–water partition coefficient (Wildman–Crippen LogP) is 1.72. The Hall–Kier alpha value is -2.43. The van der Waals surface area contributed by atoms with Gasteiger partial charge in [-0.1, -0.05) is 29.8 Å². The van der Waals surface area contributed by atoms with Gasteiger partial charge in [-0.2, -0.15) is 0 Å². The van der Waals surface area contributed by atoms with Crippen LogP contribution < -0.4 is 10.1 Å². The number of amides is 1. The first-order chi connectivity index (χ1) is 9.19. The molecule has 0 saturated carbocycles. The molecule has 0 aliphatic carbocycles. The zero-order chi connectivity index (χ0) is 13.7. The number of rotatable bonds is 4. The van der Waals surface area contributed by atoms with Gasteiger partial charge in [0, 0.05) is 18.9 Å². The molecule has 2 rings (SSSR count). The fraction of sp³-hybridized carbons (Fsp3) is 0.214. The Balaban J connectivity index is 1.95. The number of methoxy groups -OCH3 is 1. The minimum Gasteiger partial charge on any atom is -0.467 e. The molecule has 98 valence electrons. The quantitative estimate of drug-likeness (QED) is 0.905. The Morgan fingerprint density at radius 1 is 1.21 bits per heavy atom. The fourth-order valence-corrected chi connectivity index (χ4v) is 1.53. The SMILES string of the molecule is COc1ncc(C(=O)NCc2ccc(C)cc2)cn1. The summed E-state index contributed by atoms with van der Waals surface area (Å²) in [5.41, 5.74) is 2.65. The van der Waals surface area contributed by atoms with Gasteiger partial charge in [0.05, 0.1) is 12.7 Å². The van der Waals surface area contributed by atoms with Gasteiger partial charge in [-0.3, -0.25) is 4.79 Å². The van der Waals surface area contributed by atoms with Gasteiger partial charge in [-0.05, 0) is 12.5 Å². The number of nitrogens with zero attached hydrogens (tertiary/aromatic N) is 2. The van der Waals surface area contributed by atoms with E-state index in [1.807, 2.05) is 31.2 Å². The summed E-state index contributed by atoms with van der Waals surface area (Å²) in [7, 11) is 1.48. The number of hydrogen-bond donors (Lipinski definition) is 1. The highest BCUT2D eigenvalue weighted by atomic mass is 16.5. The van der Waals surface area contributed by atoms with E-state index in [2.05, 4.69) is 15.3 Å². The first-order valence-electron chi connectivity index (χ1n) is 5.89. The monoisotopic (exact) mass is 257 g/mol. The van der Waals surface area contributed by atoms with Gasteiger partial charge in [0.15, 0.2) is 0 Å². The molecule has 1 aromatic carbocycles. The lowest BCUT2D eigenvalue weighted by Crippen LogP contribution is -2.23. The molecule has 1 aromatic heterocycles. The van der Waals surface area contributed by atoms with E-state index in [9.17, 15) is 4.79 Å². The van der Waals surface area contributed by atoms with Gasteiger partial charge in [-0.25, -0.2) is 9.97 Å². The standard InChI is InChI=1S/C14H15N3O2/c1-10-3-5-11(6-4-10)7-15-13(18)12-8-16-14(19-2)17-9-12/h3-6,8-9H,7H2,1-2H3,(H,15,18). The lowest BCUT2D eigenvalue weighted by Gasteiger charge is -2.05. The van der Waals surface area contributed by atoms with Crippen LogP contribution in [0.5, 0.6) is 6.01 Å². The van der Waals surface area contributed by atoms with Crippen molar-refractivity contribution in [3.05, 3.63) is 53.3 Å². The number of nitrogens with one attached hydrogen (secondary N) is 1. The van der Waals surface area contributed by atoms with Gasteiger partial charge < -0.3 is 10.1 Å². The molecule has 0 unspecified atom stereocenters. The second-order valence-corrected chi connectivity index (χ2v) is 4.13. The molecule has 0 bridgehead atoms. The summed E-state index contributed by atoms with van der Waals surface area (Å²) in [4.78, 5) is 19.6. The van der Waals surface area contributed by atoms with Crippen LogP contribution in [0.15, 0.2) is 36.7 Å². The van der Waals surface area contributed by atoms with E-state index in [-0.39, 0.29) is 11.9 Å². The zero-order valence-electron chi connectivity index (χ0n) is 10.9. The normalized spacial score (nSPS) is 10.0. The average Bonchev–Trinajstić information content (AvgIpc) is 2.46. The topological polar surface area (TPSA) is 64.1 Å². The molecule has 0 aliphatic rings. The van der Waals surface area contributed by atoms with Crippen molar-refractivity contribution in [2.75, 3.05) is 7.11 Å². The molecule has 1 amide bonds. The van der Waals surface area contributed by atoms with Crippen LogP contribution in [0, 0.1) is 6.92 Å². The smallest absolute Gasteiger partial charge is 0.316 e. The molecule has 0 atom stereocenters. The summed E-state index contributed by atoms with van der Waals surface area (Å²) in [6, 6.07) is 8.24. The van der Waals surface area contributed by atoms with Crippen LogP contribution in [0.2, 0.25) is 0 Å². The van der Waals surface area contributed by atoms with Crippen molar-refractivity contribution in [1.82, 2.24) is 15.3 Å². The third-order valence-electron chi connectivity index (χ3n) is 2.65. The highest BCUT2D eigenvalue weighted by Gasteiger charge is 2.06. The van der Waals surface area contributed by atoms with Crippen molar-refractivity contribution in [3.63, 3.8) is 0 Å². The molecule has 2 aromatic rings. The number of carbonyl (C=O) groups excluding carboxylic acids is 1. The van der Waals surface area contributed by atoms with E-state index >= 15 is 0 Å². The van der Waals surface area contributed by atoms with Gasteiger partial charge in [0.25, 0.3) is 5.91 Å². The molecule has 0 fully saturated rings. The van der Waals surface area contributed by atoms with Gasteiger partial charge in [0.2, 0.25) is 0 Å². The Labute approximate surface area is 111 Å². The van der Waals surface area contributed by atoms with Crippen LogP contribution >= 0.6 is 0 Å². The summed E-state index contributed by atoms with van der Waals surface area (Å²) in [6.45, 7) is 2.50. The first-order valence-corrected chi connectivity index (χ1v) is 5.89. The van der Waals surface area contributed by atoms with Crippen LogP contribution in [0.3, 0.4) is 0 Å². The molecule has 0 aliphatic heterocycles. The number of ether oxygens (including phenoxy) is 1. The van der Waals surface area contributed by atoms with Crippen molar-refractivity contribution in [2.24, 2.45) is 0 Å². The molecule has 5 nitrogen and oxygen atoms in total. The molecule has 19 heavy (non-hydrogen) atoms. The first kappa shape index (κ1) is 13.0. The van der Waals surface area contributed by atoms with Gasteiger partial charge >= 0.3 is 6.01 Å². The third-order valence-corrected chi connectivity index (χ3v) is 2.65. The lowest BCUT2D eigenvalue weighted by atomic mass is 10.1. The van der Waals surface area contributed by atoms with Crippen LogP contribution in [-0.2, 0) is 6.54 Å². The van der Waals surface area contributed by atoms with Crippen molar-refractivity contribution in [3.8, 4) is 6.01 Å². The molecule has 1 heterocycles. The van der Waals surface area contributed by atoms with Gasteiger partial charge in [0.1, 0.15) is 0 Å². The summed E-state index contributed by atoms with van der Waals surface area (Å²) in [5, 5.41) is 2.81. The average molecular weight is 257 g/mol. The summed E-state index contributed by atoms with van der Waals surface area (Å²) >= 11 is 0. The number of aromatic nitrogens is 2.